The molecule has 1 aliphatic carbocycles. The van der Waals surface area contributed by atoms with Gasteiger partial charge in [-0.3, -0.25) is 9.59 Å². The summed E-state index contributed by atoms with van der Waals surface area (Å²) in [5, 5.41) is 2.94. The predicted octanol–water partition coefficient (Wildman–Crippen LogP) is 2.38. The van der Waals surface area contributed by atoms with Crippen LogP contribution in [-0.4, -0.2) is 17.6 Å². The summed E-state index contributed by atoms with van der Waals surface area (Å²) in [5.74, 6) is -0.113. The van der Waals surface area contributed by atoms with E-state index in [9.17, 15) is 9.59 Å². The summed E-state index contributed by atoms with van der Waals surface area (Å²) in [4.78, 5) is 23.3. The maximum atomic E-state index is 11.7. The van der Waals surface area contributed by atoms with Gasteiger partial charge in [0.05, 0.1) is 5.54 Å². The normalized spacial score (nSPS) is 23.7. The zero-order valence-corrected chi connectivity index (χ0v) is 10.9. The van der Waals surface area contributed by atoms with Gasteiger partial charge in [-0.15, -0.1) is 11.6 Å². The van der Waals surface area contributed by atoms with Crippen molar-refractivity contribution < 1.29 is 9.59 Å². The maximum absolute atomic E-state index is 11.7. The zero-order chi connectivity index (χ0) is 13.0. The van der Waals surface area contributed by atoms with Gasteiger partial charge in [-0.2, -0.15) is 0 Å². The summed E-state index contributed by atoms with van der Waals surface area (Å²) in [7, 11) is 0. The highest BCUT2D eigenvalue weighted by Crippen LogP contribution is 2.35. The predicted molar refractivity (Wildman–Crippen MR) is 70.5 cm³/mol. The molecule has 1 amide bonds. The Morgan fingerprint density at radius 2 is 2.06 bits per heavy atom. The van der Waals surface area contributed by atoms with Crippen molar-refractivity contribution in [1.82, 2.24) is 5.32 Å². The number of rotatable bonds is 3. The Morgan fingerprint density at radius 1 is 1.33 bits per heavy atom. The molecule has 1 fully saturated rings. The van der Waals surface area contributed by atoms with Crippen molar-refractivity contribution in [2.75, 3.05) is 5.88 Å². The molecule has 4 heteroatoms. The minimum atomic E-state index is -0.567. The topological polar surface area (TPSA) is 46.2 Å². The number of benzene rings is 1. The summed E-state index contributed by atoms with van der Waals surface area (Å²) >= 11 is 5.56. The minimum Gasteiger partial charge on any atom is -0.345 e. The van der Waals surface area contributed by atoms with Crippen LogP contribution in [0, 0.1) is 0 Å². The lowest BCUT2D eigenvalue weighted by Crippen LogP contribution is -2.49. The highest BCUT2D eigenvalue weighted by molar-refractivity contribution is 6.27. The van der Waals surface area contributed by atoms with Crippen molar-refractivity contribution >= 4 is 23.3 Å². The van der Waals surface area contributed by atoms with Crippen molar-refractivity contribution in [2.45, 2.75) is 31.2 Å². The molecule has 0 saturated heterocycles. The van der Waals surface area contributed by atoms with Crippen LogP contribution < -0.4 is 5.32 Å². The molecule has 1 unspecified atom stereocenters. The average molecular weight is 266 g/mol. The number of amides is 1. The highest BCUT2D eigenvalue weighted by Gasteiger charge is 2.38. The van der Waals surface area contributed by atoms with Gasteiger partial charge in [-0.25, -0.2) is 0 Å². The van der Waals surface area contributed by atoms with Crippen LogP contribution in [0.25, 0.3) is 0 Å². The van der Waals surface area contributed by atoms with Crippen LogP contribution in [0.3, 0.4) is 0 Å². The first-order valence-electron chi connectivity index (χ1n) is 6.10. The largest absolute Gasteiger partial charge is 0.345 e. The smallest absolute Gasteiger partial charge is 0.235 e. The number of alkyl halides is 1. The highest BCUT2D eigenvalue weighted by atomic mass is 35.5. The molecule has 2 rings (SSSR count). The molecule has 1 N–H and O–H groups in total. The van der Waals surface area contributed by atoms with Crippen molar-refractivity contribution in [3.8, 4) is 0 Å². The number of nitrogens with one attached hydrogen (secondary N) is 1. The Bertz CT molecular complexity index is 446. The van der Waals surface area contributed by atoms with Crippen LogP contribution in [0.2, 0.25) is 0 Å². The first-order chi connectivity index (χ1) is 8.66. The number of ketones is 1. The molecule has 0 radical (unpaired) electrons. The first-order valence-corrected chi connectivity index (χ1v) is 6.64. The van der Waals surface area contributed by atoms with E-state index in [-0.39, 0.29) is 17.6 Å². The third kappa shape index (κ3) is 2.72. The molecular weight excluding hydrogens is 250 g/mol. The fraction of sp³-hybridized carbons (Fsp3) is 0.429. The number of halogens is 1. The average Bonchev–Trinajstić information content (AvgIpc) is 2.39. The Labute approximate surface area is 112 Å². The standard InChI is InChI=1S/C14H16ClNO2/c15-10-13(18)16-14(8-4-7-12(17)9-14)11-5-2-1-3-6-11/h1-3,5-6H,4,7-10H2,(H,16,18). The van der Waals surface area contributed by atoms with Crippen LogP contribution in [0.15, 0.2) is 30.3 Å². The number of hydrogen-bond acceptors (Lipinski definition) is 2. The number of carbonyl (C=O) groups is 2. The first kappa shape index (κ1) is 13.1. The summed E-state index contributed by atoms with van der Waals surface area (Å²) in [6.07, 6.45) is 2.55. The monoisotopic (exact) mass is 265 g/mol. The Morgan fingerprint density at radius 3 is 2.67 bits per heavy atom. The van der Waals surface area contributed by atoms with Gasteiger partial charge in [0.25, 0.3) is 0 Å². The van der Waals surface area contributed by atoms with Gasteiger partial charge in [0.15, 0.2) is 0 Å². The van der Waals surface area contributed by atoms with Crippen LogP contribution in [0.1, 0.15) is 31.2 Å². The fourth-order valence-corrected chi connectivity index (χ4v) is 2.65. The molecule has 0 bridgehead atoms. The molecule has 0 aliphatic heterocycles. The van der Waals surface area contributed by atoms with E-state index in [1.807, 2.05) is 30.3 Å². The molecule has 18 heavy (non-hydrogen) atoms. The SMILES string of the molecule is O=C1CCCC(NC(=O)CCl)(c2ccccc2)C1. The van der Waals surface area contributed by atoms with E-state index < -0.39 is 5.54 Å². The molecule has 0 spiro atoms. The lowest BCUT2D eigenvalue weighted by molar-refractivity contribution is -0.125. The molecule has 1 aliphatic rings. The quantitative estimate of drug-likeness (QED) is 0.853. The summed E-state index contributed by atoms with van der Waals surface area (Å²) in [5.41, 5.74) is 0.416. The van der Waals surface area contributed by atoms with Crippen LogP contribution in [0.5, 0.6) is 0 Å². The molecule has 96 valence electrons. The third-order valence-corrected chi connectivity index (χ3v) is 3.63. The maximum Gasteiger partial charge on any atom is 0.235 e. The van der Waals surface area contributed by atoms with E-state index in [0.29, 0.717) is 12.8 Å². The van der Waals surface area contributed by atoms with E-state index >= 15 is 0 Å². The van der Waals surface area contributed by atoms with Crippen LogP contribution >= 0.6 is 11.6 Å². The van der Waals surface area contributed by atoms with Crippen molar-refractivity contribution in [3.05, 3.63) is 35.9 Å². The lowest BCUT2D eigenvalue weighted by Gasteiger charge is -2.37. The van der Waals surface area contributed by atoms with Gasteiger partial charge in [0.2, 0.25) is 5.91 Å². The summed E-state index contributed by atoms with van der Waals surface area (Å²) in [6.45, 7) is 0. The van der Waals surface area contributed by atoms with E-state index in [1.54, 1.807) is 0 Å². The van der Waals surface area contributed by atoms with Gasteiger partial charge in [-0.1, -0.05) is 30.3 Å². The third-order valence-electron chi connectivity index (χ3n) is 3.38. The Hall–Kier alpha value is -1.35. The van der Waals surface area contributed by atoms with Crippen LogP contribution in [0.4, 0.5) is 0 Å². The minimum absolute atomic E-state index is 0.0806. The van der Waals surface area contributed by atoms with Gasteiger partial charge >= 0.3 is 0 Å². The fourth-order valence-electron chi connectivity index (χ4n) is 2.58. The van der Waals surface area contributed by atoms with E-state index in [2.05, 4.69) is 5.32 Å². The van der Waals surface area contributed by atoms with Gasteiger partial charge < -0.3 is 5.32 Å². The van der Waals surface area contributed by atoms with E-state index in [4.69, 9.17) is 11.6 Å². The van der Waals surface area contributed by atoms with Crippen molar-refractivity contribution in [2.24, 2.45) is 0 Å². The van der Waals surface area contributed by atoms with Gasteiger partial charge in [0, 0.05) is 12.8 Å². The molecule has 1 aromatic carbocycles. The lowest BCUT2D eigenvalue weighted by atomic mass is 9.76. The second-order valence-electron chi connectivity index (χ2n) is 4.70. The number of Topliss-reactive ketones (excluding diaryl/α,β-unsaturated/α-hetero) is 1. The number of hydrogen-bond donors (Lipinski definition) is 1. The molecule has 0 heterocycles. The summed E-state index contributed by atoms with van der Waals surface area (Å²) < 4.78 is 0. The second kappa shape index (κ2) is 5.53. The summed E-state index contributed by atoms with van der Waals surface area (Å²) in [6, 6.07) is 9.66. The molecule has 0 aromatic heterocycles. The molecule has 3 nitrogen and oxygen atoms in total. The molecule has 1 aromatic rings. The van der Waals surface area contributed by atoms with E-state index in [1.165, 1.54) is 0 Å². The zero-order valence-electron chi connectivity index (χ0n) is 10.1. The van der Waals surface area contributed by atoms with Gasteiger partial charge in [-0.05, 0) is 18.4 Å². The van der Waals surface area contributed by atoms with Gasteiger partial charge in [0.1, 0.15) is 11.7 Å². The van der Waals surface area contributed by atoms with Crippen LogP contribution in [-0.2, 0) is 15.1 Å². The van der Waals surface area contributed by atoms with Crippen molar-refractivity contribution in [1.29, 1.82) is 0 Å². The Balaban J connectivity index is 2.33. The molecular formula is C14H16ClNO2. The van der Waals surface area contributed by atoms with E-state index in [0.717, 1.165) is 18.4 Å². The second-order valence-corrected chi connectivity index (χ2v) is 4.97. The molecule has 1 saturated carbocycles. The Kier molecular flexibility index (Phi) is 4.02. The van der Waals surface area contributed by atoms with Crippen molar-refractivity contribution in [3.63, 3.8) is 0 Å². The number of carbonyl (C=O) groups excluding carboxylic acids is 2. The molecule has 1 atom stereocenters.